The number of rotatable bonds is 17. The predicted octanol–water partition coefficient (Wildman–Crippen LogP) is 40.9. The van der Waals surface area contributed by atoms with E-state index in [-0.39, 0.29) is 21.7 Å². The zero-order chi connectivity index (χ0) is 96.6. The molecule has 25 aromatic rings. The largest absolute Gasteiger partial charge is 0.0654 e. The molecule has 0 nitrogen and oxygen atoms in total. The summed E-state index contributed by atoms with van der Waals surface area (Å²) in [4.78, 5) is 0. The molecule has 0 saturated heterocycles. The molecule has 29 rings (SSSR count). The first-order chi connectivity index (χ1) is 70.6. The van der Waals surface area contributed by atoms with Gasteiger partial charge < -0.3 is 0 Å². The third-order valence-corrected chi connectivity index (χ3v) is 34.4. The Morgan fingerprint density at radius 1 is 0.146 bits per heavy atom. The maximum atomic E-state index is 2.66. The van der Waals surface area contributed by atoms with Crippen LogP contribution < -0.4 is 0 Å². The minimum absolute atomic E-state index is 0.0402. The molecule has 0 unspecified atom stereocenters. The van der Waals surface area contributed by atoms with Gasteiger partial charge in [0.15, 0.2) is 0 Å². The van der Waals surface area contributed by atoms with Gasteiger partial charge in [0.1, 0.15) is 0 Å². The maximum absolute atomic E-state index is 2.66. The summed E-state index contributed by atoms with van der Waals surface area (Å²) in [6.45, 7) is 19.2. The molecule has 144 heavy (non-hydrogen) atoms. The summed E-state index contributed by atoms with van der Waals surface area (Å²) in [5.74, 6) is 0. The van der Waals surface area contributed by atoms with Gasteiger partial charge in [-0.1, -0.05) is 459 Å². The minimum atomic E-state index is -0.167. The van der Waals surface area contributed by atoms with Crippen LogP contribution in [0.2, 0.25) is 0 Å². The summed E-state index contributed by atoms with van der Waals surface area (Å²) in [5, 5.41) is 29.9. The molecule has 0 N–H and O–H groups in total. The first kappa shape index (κ1) is 87.2. The Morgan fingerprint density at radius 2 is 0.479 bits per heavy atom. The maximum Gasteiger partial charge on any atom is 0.0215 e. The molecule has 0 radical (unpaired) electrons. The predicted molar refractivity (Wildman–Crippen MR) is 620 cm³/mol. The number of benzene rings is 25. The van der Waals surface area contributed by atoms with Crippen LogP contribution in [0.25, 0.3) is 241 Å². The van der Waals surface area contributed by atoms with Crippen LogP contribution in [0.3, 0.4) is 0 Å². The highest BCUT2D eigenvalue weighted by atomic mass is 14.5. The standard InChI is InChI=1S/C53H50.C46H34.C45H30/c1-3-5-7-20-32-53(33-21-8-6-4-2)48-29-19-18-28-40(48)46-35-47-44(38-24-14-10-15-25-38)34-43(37-22-12-9-13-23-37)41-30-31-42-45(39-26-16-11-17-27-39)36-49(53)51(46)52(42)50(41)47;1-45(2)38-18-12-11-17-30(38)34-25-41-35(26-40(34)45)37-24-36-33(28-15-9-6-10-16-28)23-32(27-13-7-5-8-14-27)31-21-19-29-20-22-39(46(41,3)4)44(37)42(29)43(31)36;1-45(2)40-25-31-15-9-8-14-30(31)23-38(40)39-24-33-18-19-34(32-17-16-27-10-6-7-13-29(27)22-32)35-20-21-36-37(28-11-4-3-5-12-28)26-41(45)43(39)44(36)42(33)35/h9-19,22-31,34-36H,3-8,20-21,32-33H2,1-2H3;5-26H,1-4H3;3-26H,1-2H3. The van der Waals surface area contributed by atoms with Crippen molar-refractivity contribution in [2.24, 2.45) is 0 Å². The van der Waals surface area contributed by atoms with Crippen molar-refractivity contribution in [2.45, 2.75) is 141 Å². The topological polar surface area (TPSA) is 0 Å². The van der Waals surface area contributed by atoms with E-state index in [2.05, 4.69) is 480 Å². The Bertz CT molecular complexity index is 9430. The SMILES string of the molecule is CC1(C)c2cc3ccccc3cc2-c2cc3ccc(-c4ccc5ccccc5c4)c4ccc5c(-c6ccccc6)cc1c2c5c34.CC1(C)c2ccccc2-c2cc3c(cc21)-c1cc2c(-c4ccccc4)cc(-c4ccccc4)c4ccc5ccc(c1c5c42)C3(C)C.CCCCCCC1(CCCCCC)c2ccccc2-c2cc3c(-c4ccccc4)cc(-c4ccccc4)c4ccc5c(-c6ccccc6)cc1c2c5c43. The van der Waals surface area contributed by atoms with Crippen LogP contribution >= 0.6 is 0 Å². The number of unbranched alkanes of at least 4 members (excludes halogenated alkanes) is 6. The lowest BCUT2D eigenvalue weighted by Crippen LogP contribution is -2.31. The van der Waals surface area contributed by atoms with E-state index >= 15 is 0 Å². The quantitative estimate of drug-likeness (QED) is 0.0630. The van der Waals surface area contributed by atoms with Crippen molar-refractivity contribution in [1.29, 1.82) is 0 Å². The number of fused-ring (bicyclic) bond motifs is 11. The van der Waals surface area contributed by atoms with Crippen molar-refractivity contribution in [3.63, 3.8) is 0 Å². The van der Waals surface area contributed by atoms with Crippen molar-refractivity contribution >= 4 is 118 Å². The molecular weight excluding hydrogens is 1730 g/mol. The summed E-state index contributed by atoms with van der Waals surface area (Å²) >= 11 is 0. The minimum Gasteiger partial charge on any atom is -0.0654 e. The van der Waals surface area contributed by atoms with Gasteiger partial charge >= 0.3 is 0 Å². The van der Waals surface area contributed by atoms with Crippen molar-refractivity contribution in [3.8, 4) is 122 Å². The van der Waals surface area contributed by atoms with Crippen LogP contribution in [0.15, 0.2) is 425 Å². The van der Waals surface area contributed by atoms with Gasteiger partial charge in [0.2, 0.25) is 0 Å². The van der Waals surface area contributed by atoms with E-state index in [4.69, 9.17) is 0 Å². The van der Waals surface area contributed by atoms with Gasteiger partial charge in [0.25, 0.3) is 0 Å². The first-order valence-corrected chi connectivity index (χ1v) is 52.8. The molecule has 0 atom stereocenters. The molecule has 0 heteroatoms. The molecule has 0 fully saturated rings. The fraction of sp³-hybridized carbons (Fsp3) is 0.153. The van der Waals surface area contributed by atoms with E-state index in [9.17, 15) is 0 Å². The summed E-state index contributed by atoms with van der Waals surface area (Å²) in [5.41, 5.74) is 40.4. The van der Waals surface area contributed by atoms with Gasteiger partial charge in [-0.3, -0.25) is 0 Å². The van der Waals surface area contributed by atoms with Crippen LogP contribution in [0, 0.1) is 0 Å². The van der Waals surface area contributed by atoms with E-state index in [1.54, 1.807) is 11.1 Å². The number of hydrogen-bond donors (Lipinski definition) is 0. The van der Waals surface area contributed by atoms with Crippen LogP contribution in [0.1, 0.15) is 164 Å². The van der Waals surface area contributed by atoms with Gasteiger partial charge in [-0.05, 0) is 371 Å². The summed E-state index contributed by atoms with van der Waals surface area (Å²) in [6, 6.07) is 161. The Morgan fingerprint density at radius 3 is 1.01 bits per heavy atom. The lowest BCUT2D eigenvalue weighted by molar-refractivity contribution is 0.395. The third kappa shape index (κ3) is 13.4. The van der Waals surface area contributed by atoms with Gasteiger partial charge in [0, 0.05) is 21.7 Å². The molecule has 0 aromatic heterocycles. The summed E-state index contributed by atoms with van der Waals surface area (Å²) < 4.78 is 0. The van der Waals surface area contributed by atoms with Gasteiger partial charge in [0.05, 0.1) is 0 Å². The second kappa shape index (κ2) is 33.9. The first-order valence-electron chi connectivity index (χ1n) is 52.8. The third-order valence-electron chi connectivity index (χ3n) is 34.4. The Labute approximate surface area is 845 Å². The summed E-state index contributed by atoms with van der Waals surface area (Å²) in [7, 11) is 0. The lowest BCUT2D eigenvalue weighted by Gasteiger charge is -2.42. The molecule has 690 valence electrons. The second-order valence-electron chi connectivity index (χ2n) is 43.4. The van der Waals surface area contributed by atoms with Crippen molar-refractivity contribution in [2.75, 3.05) is 0 Å². The van der Waals surface area contributed by atoms with Crippen LogP contribution in [-0.4, -0.2) is 0 Å². The molecule has 0 bridgehead atoms. The average Bonchev–Trinajstić information content (AvgIpc) is 1.18. The zero-order valence-electron chi connectivity index (χ0n) is 83.5. The highest BCUT2D eigenvalue weighted by Gasteiger charge is 2.45. The number of hydrogen-bond acceptors (Lipinski definition) is 0. The van der Waals surface area contributed by atoms with E-state index in [0.717, 1.165) is 0 Å². The zero-order valence-corrected chi connectivity index (χ0v) is 83.5. The van der Waals surface area contributed by atoms with Gasteiger partial charge in [-0.25, -0.2) is 0 Å². The van der Waals surface area contributed by atoms with Gasteiger partial charge in [-0.2, -0.15) is 0 Å². The Kier molecular flexibility index (Phi) is 20.5. The molecule has 0 aliphatic heterocycles. The van der Waals surface area contributed by atoms with Crippen LogP contribution in [-0.2, 0) is 21.7 Å². The van der Waals surface area contributed by atoms with E-state index in [0.29, 0.717) is 0 Å². The fourth-order valence-corrected chi connectivity index (χ4v) is 27.3. The molecule has 0 heterocycles. The summed E-state index contributed by atoms with van der Waals surface area (Å²) in [6.07, 6.45) is 12.6. The molecule has 0 saturated carbocycles. The second-order valence-corrected chi connectivity index (χ2v) is 43.4. The van der Waals surface area contributed by atoms with E-state index < -0.39 is 0 Å². The Balaban J connectivity index is 0.000000108. The highest BCUT2D eigenvalue weighted by molar-refractivity contribution is 6.36. The van der Waals surface area contributed by atoms with Crippen LogP contribution in [0.5, 0.6) is 0 Å². The van der Waals surface area contributed by atoms with Crippen molar-refractivity contribution in [3.05, 3.63) is 469 Å². The molecular formula is C144H114. The van der Waals surface area contributed by atoms with Crippen molar-refractivity contribution < 1.29 is 0 Å². The van der Waals surface area contributed by atoms with Crippen molar-refractivity contribution in [1.82, 2.24) is 0 Å². The molecule has 0 amide bonds. The molecule has 4 aliphatic carbocycles. The van der Waals surface area contributed by atoms with E-state index in [1.807, 2.05) is 0 Å². The molecule has 4 aliphatic rings. The normalized spacial score (nSPS) is 14.1. The lowest BCUT2D eigenvalue weighted by atomic mass is 9.60. The van der Waals surface area contributed by atoms with Gasteiger partial charge in [-0.15, -0.1) is 0 Å². The van der Waals surface area contributed by atoms with E-state index in [1.165, 1.54) is 338 Å². The highest BCUT2D eigenvalue weighted by Crippen LogP contribution is 2.63. The molecule has 0 spiro atoms. The average molecular weight is 1840 g/mol. The molecule has 25 aromatic carbocycles. The fourth-order valence-electron chi connectivity index (χ4n) is 27.3. The smallest absolute Gasteiger partial charge is 0.0215 e. The van der Waals surface area contributed by atoms with Crippen LogP contribution in [0.4, 0.5) is 0 Å². The Hall–Kier alpha value is -15.9. The monoisotopic (exact) mass is 1840 g/mol.